The minimum atomic E-state index is -5.39. The zero-order valence-electron chi connectivity index (χ0n) is 18.5. The summed E-state index contributed by atoms with van der Waals surface area (Å²) in [7, 11) is -5.39. The molecule has 0 aliphatic heterocycles. The van der Waals surface area contributed by atoms with Gasteiger partial charge in [-0.3, -0.25) is 0 Å². The molecular weight excluding hydrogens is 396 g/mol. The third-order valence-corrected chi connectivity index (χ3v) is 4.01. The average molecular weight is 434 g/mol. The molecule has 0 rings (SSSR count). The molecule has 148 valence electrons. The zero-order valence-corrected chi connectivity index (χ0v) is 25.4. The van der Waals surface area contributed by atoms with Crippen LogP contribution in [0.3, 0.4) is 0 Å². The van der Waals surface area contributed by atoms with Crippen molar-refractivity contribution < 1.29 is 113 Å². The molecule has 0 atom stereocenters. The molecule has 0 saturated carbocycles. The van der Waals surface area contributed by atoms with Gasteiger partial charge in [-0.15, -0.1) is 0 Å². The van der Waals surface area contributed by atoms with Crippen LogP contribution in [0, 0.1) is 0 Å². The van der Waals surface area contributed by atoms with E-state index in [1.54, 1.807) is 0 Å². The molecule has 9 heteroatoms. The summed E-state index contributed by atoms with van der Waals surface area (Å²) in [6, 6.07) is 0. The van der Waals surface area contributed by atoms with Gasteiger partial charge in [0.15, 0.2) is 0 Å². The smallest absolute Gasteiger partial charge is 0.822 e. The van der Waals surface area contributed by atoms with Gasteiger partial charge in [0, 0.05) is 6.61 Å². The van der Waals surface area contributed by atoms with Crippen LogP contribution in [0.5, 0.6) is 0 Å². The Morgan fingerprint density at radius 1 is 0.556 bits per heavy atom. The number of aliphatic hydroxyl groups is 1. The van der Waals surface area contributed by atoms with Crippen molar-refractivity contribution in [2.24, 2.45) is 0 Å². The van der Waals surface area contributed by atoms with E-state index in [1.165, 1.54) is 96.3 Å². The molecule has 1 N–H and O–H groups in total. The minimum Gasteiger partial charge on any atom is -0.822 e. The number of rotatable bonds is 16. The van der Waals surface area contributed by atoms with Gasteiger partial charge in [0.1, 0.15) is 0 Å². The van der Waals surface area contributed by atoms with Crippen LogP contribution in [0.1, 0.15) is 110 Å². The zero-order chi connectivity index (χ0) is 18.5. The Bertz CT molecular complexity index is 257. The van der Waals surface area contributed by atoms with Crippen molar-refractivity contribution in [2.45, 2.75) is 110 Å². The second-order valence-corrected chi connectivity index (χ2v) is 7.37. The standard InChI is InChI=1S/C18H38O.3Na.H3O4P/c1-2-3-4-5-6-7-8-9-10-11-12-13-14-15-16-17-18-19;;;;1-5(2,3)4/h19H,2-18H2,1H3;;;;(H3,1,2,3,4)/q;3*+1;/p-3. The first-order valence-corrected chi connectivity index (χ1v) is 11.2. The van der Waals surface area contributed by atoms with E-state index >= 15 is 0 Å². The molecule has 0 aromatic carbocycles. The van der Waals surface area contributed by atoms with E-state index < -0.39 is 7.82 Å². The molecule has 0 radical (unpaired) electrons. The van der Waals surface area contributed by atoms with Crippen molar-refractivity contribution in [3.63, 3.8) is 0 Å². The number of hydrogen-bond acceptors (Lipinski definition) is 5. The summed E-state index contributed by atoms with van der Waals surface area (Å²) >= 11 is 0. The largest absolute Gasteiger partial charge is 1.00 e. The molecule has 0 heterocycles. The monoisotopic (exact) mass is 434 g/mol. The predicted molar refractivity (Wildman–Crippen MR) is 94.2 cm³/mol. The topological polar surface area (TPSA) is 106 Å². The van der Waals surface area contributed by atoms with E-state index in [-0.39, 0.29) is 88.7 Å². The van der Waals surface area contributed by atoms with Gasteiger partial charge in [-0.1, -0.05) is 103 Å². The normalized spacial score (nSPS) is 9.96. The molecule has 0 aliphatic rings. The Hall–Kier alpha value is 3.07. The molecule has 0 fully saturated rings. The van der Waals surface area contributed by atoms with Crippen LogP contribution in [-0.4, -0.2) is 11.7 Å². The Morgan fingerprint density at radius 3 is 0.926 bits per heavy atom. The van der Waals surface area contributed by atoms with E-state index in [0.29, 0.717) is 6.61 Å². The Labute approximate surface area is 234 Å². The van der Waals surface area contributed by atoms with E-state index in [4.69, 9.17) is 24.4 Å². The summed E-state index contributed by atoms with van der Waals surface area (Å²) in [5.74, 6) is 0. The van der Waals surface area contributed by atoms with Crippen LogP contribution in [0.2, 0.25) is 0 Å². The third-order valence-electron chi connectivity index (χ3n) is 4.01. The maximum Gasteiger partial charge on any atom is 1.00 e. The van der Waals surface area contributed by atoms with E-state index in [1.807, 2.05) is 0 Å². The van der Waals surface area contributed by atoms with Gasteiger partial charge < -0.3 is 24.4 Å². The molecule has 0 saturated heterocycles. The van der Waals surface area contributed by atoms with Gasteiger partial charge in [0.25, 0.3) is 0 Å². The summed E-state index contributed by atoms with van der Waals surface area (Å²) in [5.41, 5.74) is 0. The van der Waals surface area contributed by atoms with Gasteiger partial charge >= 0.3 is 88.7 Å². The molecule has 0 aromatic rings. The van der Waals surface area contributed by atoms with Crippen molar-refractivity contribution in [1.29, 1.82) is 0 Å². The molecule has 0 spiro atoms. The SMILES string of the molecule is CCCCCCCCCCCCCCCCCCO.O=P([O-])([O-])[O-].[Na+].[Na+].[Na+]. The van der Waals surface area contributed by atoms with E-state index in [0.717, 1.165) is 6.42 Å². The maximum absolute atomic E-state index is 8.67. The summed E-state index contributed by atoms with van der Waals surface area (Å²) < 4.78 is 8.55. The molecule has 0 aliphatic carbocycles. The minimum absolute atomic E-state index is 0. The molecular formula is C18H38Na3O5P. The summed E-state index contributed by atoms with van der Waals surface area (Å²) in [6.07, 6.45) is 22.2. The first kappa shape index (κ1) is 40.4. The number of aliphatic hydroxyl groups excluding tert-OH is 1. The third kappa shape index (κ3) is 58.6. The van der Waals surface area contributed by atoms with Gasteiger partial charge in [-0.25, -0.2) is 0 Å². The number of hydrogen-bond donors (Lipinski definition) is 1. The Balaban J connectivity index is -0.000000178. The molecule has 27 heavy (non-hydrogen) atoms. The first-order valence-electron chi connectivity index (χ1n) is 9.75. The average Bonchev–Trinajstić information content (AvgIpc) is 2.49. The number of phosphoric acid groups is 1. The Morgan fingerprint density at radius 2 is 0.741 bits per heavy atom. The summed E-state index contributed by atoms with van der Waals surface area (Å²) in [5, 5.41) is 8.67. The van der Waals surface area contributed by atoms with E-state index in [9.17, 15) is 0 Å². The Kier molecular flexibility index (Phi) is 50.5. The second-order valence-electron chi connectivity index (χ2n) is 6.47. The summed E-state index contributed by atoms with van der Waals surface area (Å²) in [6.45, 7) is 2.66. The van der Waals surface area contributed by atoms with Crippen LogP contribution < -0.4 is 103 Å². The van der Waals surface area contributed by atoms with Crippen LogP contribution in [0.25, 0.3) is 0 Å². The molecule has 0 amide bonds. The van der Waals surface area contributed by atoms with Crippen LogP contribution in [-0.2, 0) is 4.57 Å². The number of unbranched alkanes of at least 4 members (excludes halogenated alkanes) is 15. The first-order chi connectivity index (χ1) is 11.4. The fourth-order valence-corrected chi connectivity index (χ4v) is 2.66. The van der Waals surface area contributed by atoms with Gasteiger partial charge in [-0.2, -0.15) is 7.82 Å². The van der Waals surface area contributed by atoms with Gasteiger partial charge in [-0.05, 0) is 6.42 Å². The molecule has 0 bridgehead atoms. The van der Waals surface area contributed by atoms with Crippen LogP contribution >= 0.6 is 7.82 Å². The molecule has 5 nitrogen and oxygen atoms in total. The maximum atomic E-state index is 8.67. The predicted octanol–water partition coefficient (Wildman–Crippen LogP) is -5.57. The molecule has 0 aromatic heterocycles. The molecule has 0 unspecified atom stereocenters. The van der Waals surface area contributed by atoms with Gasteiger partial charge in [0.05, 0.1) is 0 Å². The fourth-order valence-electron chi connectivity index (χ4n) is 2.66. The van der Waals surface area contributed by atoms with Crippen molar-refractivity contribution >= 4 is 7.82 Å². The van der Waals surface area contributed by atoms with Crippen molar-refractivity contribution in [2.75, 3.05) is 6.61 Å². The van der Waals surface area contributed by atoms with Crippen molar-refractivity contribution in [1.82, 2.24) is 0 Å². The van der Waals surface area contributed by atoms with Gasteiger partial charge in [0.2, 0.25) is 0 Å². The van der Waals surface area contributed by atoms with Crippen LogP contribution in [0.15, 0.2) is 0 Å². The van der Waals surface area contributed by atoms with Crippen molar-refractivity contribution in [3.05, 3.63) is 0 Å². The fraction of sp³-hybridized carbons (Fsp3) is 1.00. The summed E-state index contributed by atoms with van der Waals surface area (Å²) in [4.78, 5) is 25.6. The van der Waals surface area contributed by atoms with Crippen molar-refractivity contribution in [3.8, 4) is 0 Å². The van der Waals surface area contributed by atoms with E-state index in [2.05, 4.69) is 6.92 Å². The second kappa shape index (κ2) is 33.7. The van der Waals surface area contributed by atoms with Crippen LogP contribution in [0.4, 0.5) is 0 Å². The quantitative estimate of drug-likeness (QED) is 0.148.